The van der Waals surface area contributed by atoms with Crippen LogP contribution in [-0.2, 0) is 12.7 Å². The summed E-state index contributed by atoms with van der Waals surface area (Å²) in [7, 11) is 0. The molecule has 1 saturated heterocycles. The number of para-hydroxylation sites is 1. The van der Waals surface area contributed by atoms with E-state index in [0.717, 1.165) is 17.8 Å². The smallest absolute Gasteiger partial charge is 0.416 e. The first-order valence-electron chi connectivity index (χ1n) is 10.9. The lowest BCUT2D eigenvalue weighted by Crippen LogP contribution is -2.45. The summed E-state index contributed by atoms with van der Waals surface area (Å²) in [5, 5.41) is 5.69. The van der Waals surface area contributed by atoms with Crippen LogP contribution in [0.5, 0.6) is 0 Å². The van der Waals surface area contributed by atoms with Gasteiger partial charge in [0.05, 0.1) is 17.4 Å². The summed E-state index contributed by atoms with van der Waals surface area (Å²) in [6.45, 7) is 1.26. The number of anilines is 1. The van der Waals surface area contributed by atoms with Crippen molar-refractivity contribution in [1.29, 1.82) is 0 Å². The topological polar surface area (TPSA) is 74.6 Å². The van der Waals surface area contributed by atoms with E-state index in [9.17, 15) is 22.8 Å². The highest BCUT2D eigenvalue weighted by atomic mass is 19.4. The maximum atomic E-state index is 12.9. The van der Waals surface area contributed by atoms with Crippen LogP contribution in [0.3, 0.4) is 0 Å². The Kier molecular flexibility index (Phi) is 6.90. The molecule has 0 aliphatic carbocycles. The number of nitrogens with zero attached hydrogens (tertiary/aromatic N) is 1. The summed E-state index contributed by atoms with van der Waals surface area (Å²) in [6.07, 6.45) is -1.58. The van der Waals surface area contributed by atoms with Crippen molar-refractivity contribution >= 4 is 17.5 Å². The van der Waals surface area contributed by atoms with E-state index in [4.69, 9.17) is 4.42 Å². The van der Waals surface area contributed by atoms with Crippen LogP contribution in [0, 0.1) is 0 Å². The zero-order valence-electron chi connectivity index (χ0n) is 18.3. The van der Waals surface area contributed by atoms with Crippen molar-refractivity contribution in [1.82, 2.24) is 10.6 Å². The minimum absolute atomic E-state index is 0.00394. The van der Waals surface area contributed by atoms with E-state index in [0.29, 0.717) is 37.1 Å². The number of halogens is 3. The third-order valence-corrected chi connectivity index (χ3v) is 5.77. The molecule has 34 heavy (non-hydrogen) atoms. The number of alkyl halides is 3. The molecule has 1 fully saturated rings. The molecule has 0 radical (unpaired) electrons. The fraction of sp³-hybridized carbons (Fsp3) is 0.280. The Bertz CT molecular complexity index is 1140. The van der Waals surface area contributed by atoms with E-state index < -0.39 is 11.7 Å². The number of carbonyl (C=O) groups excluding carboxylic acids is 2. The second-order valence-corrected chi connectivity index (χ2v) is 8.11. The summed E-state index contributed by atoms with van der Waals surface area (Å²) < 4.78 is 43.9. The van der Waals surface area contributed by atoms with Gasteiger partial charge >= 0.3 is 6.18 Å². The average molecular weight is 471 g/mol. The Hall–Kier alpha value is -3.75. The highest BCUT2D eigenvalue weighted by Gasteiger charge is 2.30. The van der Waals surface area contributed by atoms with Crippen molar-refractivity contribution in [3.8, 4) is 0 Å². The number of nitrogens with one attached hydrogen (secondary N) is 2. The highest BCUT2D eigenvalue weighted by Crippen LogP contribution is 2.29. The van der Waals surface area contributed by atoms with Crippen LogP contribution in [0.25, 0.3) is 0 Å². The van der Waals surface area contributed by atoms with Gasteiger partial charge in [0, 0.05) is 31.4 Å². The summed E-state index contributed by atoms with van der Waals surface area (Å²) in [6, 6.07) is 15.3. The summed E-state index contributed by atoms with van der Waals surface area (Å²) in [5.41, 5.74) is 0.822. The molecule has 0 bridgehead atoms. The average Bonchev–Trinajstić information content (AvgIpc) is 3.38. The normalized spacial score (nSPS) is 14.6. The molecule has 2 amide bonds. The number of amides is 2. The van der Waals surface area contributed by atoms with Gasteiger partial charge in [0.15, 0.2) is 5.76 Å². The van der Waals surface area contributed by atoms with Crippen LogP contribution >= 0.6 is 0 Å². The van der Waals surface area contributed by atoms with Crippen molar-refractivity contribution in [2.45, 2.75) is 31.6 Å². The molecule has 1 aliphatic heterocycles. The van der Waals surface area contributed by atoms with Crippen LogP contribution in [-0.4, -0.2) is 30.9 Å². The van der Waals surface area contributed by atoms with Gasteiger partial charge in [-0.05, 0) is 54.8 Å². The predicted molar refractivity (Wildman–Crippen MR) is 120 cm³/mol. The van der Waals surface area contributed by atoms with E-state index in [-0.39, 0.29) is 30.2 Å². The second kappa shape index (κ2) is 10.0. The van der Waals surface area contributed by atoms with Crippen LogP contribution in [0.1, 0.15) is 44.9 Å². The molecule has 6 nitrogen and oxygen atoms in total. The van der Waals surface area contributed by atoms with Crippen molar-refractivity contribution in [3.05, 3.63) is 89.4 Å². The first-order valence-corrected chi connectivity index (χ1v) is 10.9. The maximum absolute atomic E-state index is 12.9. The summed E-state index contributed by atoms with van der Waals surface area (Å²) in [5.74, 6) is -0.343. The number of carbonyl (C=O) groups is 2. The fourth-order valence-corrected chi connectivity index (χ4v) is 4.01. The molecule has 3 aromatic rings. The van der Waals surface area contributed by atoms with Gasteiger partial charge in [-0.2, -0.15) is 13.2 Å². The van der Waals surface area contributed by atoms with E-state index in [1.54, 1.807) is 30.3 Å². The third-order valence-electron chi connectivity index (χ3n) is 5.77. The second-order valence-electron chi connectivity index (χ2n) is 8.11. The summed E-state index contributed by atoms with van der Waals surface area (Å²) in [4.78, 5) is 27.2. The molecule has 0 atom stereocenters. The van der Waals surface area contributed by atoms with Gasteiger partial charge in [-0.3, -0.25) is 9.59 Å². The minimum atomic E-state index is -4.43. The molecule has 178 valence electrons. The quantitative estimate of drug-likeness (QED) is 0.550. The Morgan fingerprint density at radius 3 is 2.44 bits per heavy atom. The van der Waals surface area contributed by atoms with Gasteiger partial charge in [-0.15, -0.1) is 0 Å². The van der Waals surface area contributed by atoms with Crippen molar-refractivity contribution in [3.63, 3.8) is 0 Å². The molecule has 1 aliphatic rings. The highest BCUT2D eigenvalue weighted by molar-refractivity contribution is 5.99. The monoisotopic (exact) mass is 471 g/mol. The zero-order chi connectivity index (χ0) is 24.1. The van der Waals surface area contributed by atoms with Crippen molar-refractivity contribution in [2.75, 3.05) is 18.0 Å². The third kappa shape index (κ3) is 5.59. The first kappa shape index (κ1) is 23.4. The van der Waals surface area contributed by atoms with Crippen molar-refractivity contribution < 1.29 is 27.2 Å². The van der Waals surface area contributed by atoms with Crippen LogP contribution in [0.15, 0.2) is 71.3 Å². The first-order chi connectivity index (χ1) is 16.3. The van der Waals surface area contributed by atoms with E-state index in [1.807, 2.05) is 12.1 Å². The number of hydrogen-bond donors (Lipinski definition) is 2. The van der Waals surface area contributed by atoms with E-state index in [2.05, 4.69) is 15.5 Å². The SMILES string of the molecule is O=C(NC1CCN(c2ccccc2C(=O)NCc2cccc(C(F)(F)F)c2)CC1)c1ccco1. The van der Waals surface area contributed by atoms with E-state index >= 15 is 0 Å². The zero-order valence-corrected chi connectivity index (χ0v) is 18.3. The number of benzene rings is 2. The van der Waals surface area contributed by atoms with Gasteiger partial charge in [0.1, 0.15) is 0 Å². The van der Waals surface area contributed by atoms with Crippen molar-refractivity contribution in [2.24, 2.45) is 0 Å². The number of piperidine rings is 1. The Morgan fingerprint density at radius 1 is 0.971 bits per heavy atom. The Balaban J connectivity index is 1.36. The van der Waals surface area contributed by atoms with Crippen LogP contribution in [0.4, 0.5) is 18.9 Å². The minimum Gasteiger partial charge on any atom is -0.459 e. The molecule has 9 heteroatoms. The fourth-order valence-electron chi connectivity index (χ4n) is 4.01. The van der Waals surface area contributed by atoms with Gasteiger partial charge < -0.3 is 20.0 Å². The molecule has 0 saturated carbocycles. The Labute approximate surface area is 194 Å². The van der Waals surface area contributed by atoms with Gasteiger partial charge in [0.25, 0.3) is 11.8 Å². The predicted octanol–water partition coefficient (Wildman–Crippen LogP) is 4.63. The van der Waals surface area contributed by atoms with Gasteiger partial charge in [-0.25, -0.2) is 0 Å². The molecule has 2 heterocycles. The lowest BCUT2D eigenvalue weighted by Gasteiger charge is -2.34. The van der Waals surface area contributed by atoms with E-state index in [1.165, 1.54) is 12.3 Å². The van der Waals surface area contributed by atoms with Crippen LogP contribution < -0.4 is 15.5 Å². The van der Waals surface area contributed by atoms with Crippen LogP contribution in [0.2, 0.25) is 0 Å². The lowest BCUT2D eigenvalue weighted by atomic mass is 10.0. The Morgan fingerprint density at radius 2 is 1.74 bits per heavy atom. The number of rotatable bonds is 6. The number of hydrogen-bond acceptors (Lipinski definition) is 4. The van der Waals surface area contributed by atoms with Gasteiger partial charge in [0.2, 0.25) is 0 Å². The largest absolute Gasteiger partial charge is 0.459 e. The maximum Gasteiger partial charge on any atom is 0.416 e. The molecule has 2 aromatic carbocycles. The molecular weight excluding hydrogens is 447 g/mol. The molecule has 1 aromatic heterocycles. The molecule has 0 unspecified atom stereocenters. The summed E-state index contributed by atoms with van der Waals surface area (Å²) >= 11 is 0. The number of furan rings is 1. The lowest BCUT2D eigenvalue weighted by molar-refractivity contribution is -0.137. The standard InChI is InChI=1S/C25H24F3N3O3/c26-25(27,28)18-6-3-5-17(15-18)16-29-23(32)20-7-1-2-8-21(20)31-12-10-19(11-13-31)30-24(33)22-9-4-14-34-22/h1-9,14-15,19H,10-13,16H2,(H,29,32)(H,30,33). The molecular formula is C25H24F3N3O3. The molecule has 4 rings (SSSR count). The molecule has 0 spiro atoms. The van der Waals surface area contributed by atoms with Gasteiger partial charge in [-0.1, -0.05) is 24.3 Å². The molecule has 2 N–H and O–H groups in total.